The normalized spacial score (nSPS) is 18.0. The number of carboxylic acid groups (broad SMARTS) is 1. The van der Waals surface area contributed by atoms with Gasteiger partial charge in [0.05, 0.1) is 15.6 Å². The van der Waals surface area contributed by atoms with Crippen molar-refractivity contribution < 1.29 is 19.5 Å². The molecule has 1 aromatic heterocycles. The summed E-state index contributed by atoms with van der Waals surface area (Å²) in [5, 5.41) is 18.7. The molecule has 1 saturated carbocycles. The quantitative estimate of drug-likeness (QED) is 0.264. The molecule has 1 aliphatic rings. The Hall–Kier alpha value is -3.56. The first-order valence-electron chi connectivity index (χ1n) is 11.9. The molecule has 0 unspecified atom stereocenters. The Morgan fingerprint density at radius 1 is 1.03 bits per heavy atom. The van der Waals surface area contributed by atoms with Crippen molar-refractivity contribution in [2.24, 2.45) is 5.92 Å². The molecule has 0 saturated heterocycles. The molecule has 1 fully saturated rings. The lowest BCUT2D eigenvalue weighted by atomic mass is 9.85. The third-order valence-corrected chi connectivity index (χ3v) is 7.02. The number of aromatic amines is 1. The van der Waals surface area contributed by atoms with Gasteiger partial charge in [0.15, 0.2) is 5.95 Å². The number of H-pyrrole nitrogens is 1. The van der Waals surface area contributed by atoms with Crippen molar-refractivity contribution in [2.45, 2.75) is 44.2 Å². The Labute approximate surface area is 224 Å². The third-order valence-electron chi connectivity index (χ3n) is 6.39. The number of carbonyl (C=O) groups excluding carboxylic acids is 2. The molecule has 1 aliphatic carbocycles. The molecular weight excluding hydrogens is 517 g/mol. The second-order valence-corrected chi connectivity index (χ2v) is 9.80. The minimum atomic E-state index is -1.19. The lowest BCUT2D eigenvalue weighted by molar-refractivity contribution is -0.139. The van der Waals surface area contributed by atoms with Crippen LogP contribution in [0.2, 0.25) is 10.0 Å². The van der Waals surface area contributed by atoms with Crippen LogP contribution in [-0.4, -0.2) is 44.9 Å². The number of amides is 2. The number of hydrogen-bond acceptors (Lipinski definition) is 5. The zero-order chi connectivity index (χ0) is 26.4. The van der Waals surface area contributed by atoms with Gasteiger partial charge in [-0.1, -0.05) is 41.4 Å². The lowest BCUT2D eigenvalue weighted by Gasteiger charge is -2.28. The van der Waals surface area contributed by atoms with Crippen molar-refractivity contribution in [3.8, 4) is 0 Å². The van der Waals surface area contributed by atoms with Gasteiger partial charge < -0.3 is 26.0 Å². The molecule has 0 radical (unpaired) electrons. The molecule has 11 heteroatoms. The highest BCUT2D eigenvalue weighted by Crippen LogP contribution is 2.27. The van der Waals surface area contributed by atoms with E-state index in [1.165, 1.54) is 12.1 Å². The number of carbonyl (C=O) groups is 3. The third kappa shape index (κ3) is 7.02. The van der Waals surface area contributed by atoms with Gasteiger partial charge in [-0.3, -0.25) is 9.59 Å². The molecule has 0 spiro atoms. The predicted molar refractivity (Wildman–Crippen MR) is 142 cm³/mol. The molecule has 0 aliphatic heterocycles. The van der Waals surface area contributed by atoms with E-state index in [0.29, 0.717) is 11.3 Å². The number of anilines is 2. The van der Waals surface area contributed by atoms with Gasteiger partial charge in [-0.15, -0.1) is 0 Å². The lowest BCUT2D eigenvalue weighted by Crippen LogP contribution is -2.42. The molecule has 37 heavy (non-hydrogen) atoms. The minimum absolute atomic E-state index is 0.0286. The van der Waals surface area contributed by atoms with Crippen molar-refractivity contribution in [2.75, 3.05) is 10.6 Å². The largest absolute Gasteiger partial charge is 0.480 e. The maximum absolute atomic E-state index is 12.8. The number of carboxylic acids is 1. The second kappa shape index (κ2) is 12.1. The highest BCUT2D eigenvalue weighted by Gasteiger charge is 2.27. The second-order valence-electron chi connectivity index (χ2n) is 8.98. The summed E-state index contributed by atoms with van der Waals surface area (Å²) in [6, 6.07) is 10.6. The van der Waals surface area contributed by atoms with E-state index in [2.05, 4.69) is 25.9 Å². The molecule has 4 rings (SSSR count). The molecule has 3 aromatic rings. The van der Waals surface area contributed by atoms with Crippen LogP contribution in [0, 0.1) is 5.92 Å². The van der Waals surface area contributed by atoms with Gasteiger partial charge in [0.2, 0.25) is 5.91 Å². The van der Waals surface area contributed by atoms with Gasteiger partial charge in [0.25, 0.3) is 5.91 Å². The average molecular weight is 544 g/mol. The molecular formula is C26H27Cl2N5O4. The first-order chi connectivity index (χ1) is 17.8. The van der Waals surface area contributed by atoms with Crippen LogP contribution in [0.25, 0.3) is 0 Å². The number of hydrogen-bond donors (Lipinski definition) is 5. The number of rotatable bonds is 9. The van der Waals surface area contributed by atoms with E-state index in [-0.39, 0.29) is 39.9 Å². The van der Waals surface area contributed by atoms with E-state index in [1.54, 1.807) is 42.7 Å². The van der Waals surface area contributed by atoms with E-state index >= 15 is 0 Å². The maximum Gasteiger partial charge on any atom is 0.326 e. The van der Waals surface area contributed by atoms with Gasteiger partial charge in [0.1, 0.15) is 6.04 Å². The first-order valence-corrected chi connectivity index (χ1v) is 12.7. The van der Waals surface area contributed by atoms with Crippen LogP contribution in [-0.2, 0) is 16.0 Å². The van der Waals surface area contributed by atoms with Crippen LogP contribution in [0.3, 0.4) is 0 Å². The average Bonchev–Trinajstić information content (AvgIpc) is 3.38. The molecule has 2 aromatic carbocycles. The topological polar surface area (TPSA) is 136 Å². The Kier molecular flexibility index (Phi) is 8.68. The van der Waals surface area contributed by atoms with Crippen molar-refractivity contribution >= 4 is 52.6 Å². The van der Waals surface area contributed by atoms with Crippen LogP contribution in [0.15, 0.2) is 54.9 Å². The van der Waals surface area contributed by atoms with Crippen LogP contribution >= 0.6 is 23.2 Å². The molecule has 194 valence electrons. The summed E-state index contributed by atoms with van der Waals surface area (Å²) in [5.41, 5.74) is 1.34. The van der Waals surface area contributed by atoms with E-state index in [1.807, 2.05) is 0 Å². The highest BCUT2D eigenvalue weighted by molar-refractivity contribution is 6.39. The number of aromatic nitrogens is 2. The van der Waals surface area contributed by atoms with E-state index in [9.17, 15) is 19.5 Å². The summed E-state index contributed by atoms with van der Waals surface area (Å²) >= 11 is 12.1. The molecule has 0 bridgehead atoms. The number of nitrogens with zero attached hydrogens (tertiary/aromatic N) is 1. The van der Waals surface area contributed by atoms with Gasteiger partial charge in [0, 0.05) is 36.5 Å². The van der Waals surface area contributed by atoms with Crippen molar-refractivity contribution in [3.05, 3.63) is 76.0 Å². The Morgan fingerprint density at radius 2 is 1.70 bits per heavy atom. The number of aliphatic carboxylic acids is 1. The zero-order valence-corrected chi connectivity index (χ0v) is 21.4. The van der Waals surface area contributed by atoms with Crippen LogP contribution in [0.5, 0.6) is 0 Å². The fourth-order valence-electron chi connectivity index (χ4n) is 4.39. The zero-order valence-electron chi connectivity index (χ0n) is 19.8. The van der Waals surface area contributed by atoms with Gasteiger partial charge in [-0.2, -0.15) is 0 Å². The summed E-state index contributed by atoms with van der Waals surface area (Å²) in [7, 11) is 0. The van der Waals surface area contributed by atoms with Gasteiger partial charge in [-0.25, -0.2) is 9.78 Å². The summed E-state index contributed by atoms with van der Waals surface area (Å²) in [4.78, 5) is 44.4. The summed E-state index contributed by atoms with van der Waals surface area (Å²) in [5.74, 6) is -1.22. The Balaban J connectivity index is 1.29. The van der Waals surface area contributed by atoms with Crippen LogP contribution in [0.1, 0.15) is 41.6 Å². The summed E-state index contributed by atoms with van der Waals surface area (Å²) in [6.45, 7) is 0. The van der Waals surface area contributed by atoms with Crippen molar-refractivity contribution in [1.82, 2.24) is 15.3 Å². The number of halogens is 2. The van der Waals surface area contributed by atoms with E-state index < -0.39 is 17.9 Å². The number of benzene rings is 2. The molecule has 9 nitrogen and oxygen atoms in total. The number of nitrogens with one attached hydrogen (secondary N) is 4. The Morgan fingerprint density at radius 3 is 2.30 bits per heavy atom. The molecule has 5 N–H and O–H groups in total. The summed E-state index contributed by atoms with van der Waals surface area (Å²) < 4.78 is 0. The first kappa shape index (κ1) is 26.5. The molecule has 1 heterocycles. The molecule has 2 amide bonds. The van der Waals surface area contributed by atoms with Gasteiger partial charge >= 0.3 is 5.97 Å². The van der Waals surface area contributed by atoms with Crippen molar-refractivity contribution in [3.63, 3.8) is 0 Å². The summed E-state index contributed by atoms with van der Waals surface area (Å²) in [6.07, 6.45) is 6.81. The predicted octanol–water partition coefficient (Wildman–Crippen LogP) is 4.75. The van der Waals surface area contributed by atoms with Crippen LogP contribution in [0.4, 0.5) is 11.6 Å². The van der Waals surface area contributed by atoms with E-state index in [0.717, 1.165) is 31.6 Å². The fraction of sp³-hybridized carbons (Fsp3) is 0.308. The Bertz CT molecular complexity index is 1220. The standard InChI is InChI=1S/C26H27Cl2N5O4/c27-19-2-1-3-20(28)22(19)24(35)33-21(25(36)37)14-15-4-8-17(9-5-15)31-23(34)16-6-10-18(11-7-16)32-26-29-12-13-30-26/h1-5,8-9,12-13,16,18,21H,6-7,10-11,14H2,(H,31,34)(H,33,35)(H,36,37)(H2,29,30,32)/t16-,18+,21-/m0/s1. The van der Waals surface area contributed by atoms with Crippen molar-refractivity contribution in [1.29, 1.82) is 0 Å². The SMILES string of the molecule is O=C(N[C@@H](Cc1ccc(NC(=O)[C@H]2CC[C@@H](Nc3ncc[nH]3)CC2)cc1)C(=O)O)c1c(Cl)cccc1Cl. The smallest absolute Gasteiger partial charge is 0.326 e. The van der Waals surface area contributed by atoms with Crippen LogP contribution < -0.4 is 16.0 Å². The van der Waals surface area contributed by atoms with E-state index in [4.69, 9.17) is 23.2 Å². The molecule has 1 atom stereocenters. The number of imidazole rings is 1. The highest BCUT2D eigenvalue weighted by atomic mass is 35.5. The minimum Gasteiger partial charge on any atom is -0.480 e. The maximum atomic E-state index is 12.8. The monoisotopic (exact) mass is 543 g/mol. The van der Waals surface area contributed by atoms with Gasteiger partial charge in [-0.05, 0) is 55.5 Å². The fourth-order valence-corrected chi connectivity index (χ4v) is 4.96.